The number of fused-ring (bicyclic) bond motifs is 1. The van der Waals surface area contributed by atoms with Crippen LogP contribution in [0, 0.1) is 6.92 Å². The molecule has 8 heteroatoms. The lowest BCUT2D eigenvalue weighted by Crippen LogP contribution is -2.23. The lowest BCUT2D eigenvalue weighted by atomic mass is 10.0. The summed E-state index contributed by atoms with van der Waals surface area (Å²) >= 11 is 1.53. The Balaban J connectivity index is 1.38. The van der Waals surface area contributed by atoms with Crippen LogP contribution in [0.2, 0.25) is 0 Å². The number of ketones is 1. The Morgan fingerprint density at radius 1 is 1.12 bits per heavy atom. The van der Waals surface area contributed by atoms with E-state index in [4.69, 9.17) is 0 Å². The van der Waals surface area contributed by atoms with Crippen molar-refractivity contribution in [2.75, 3.05) is 20.1 Å². The summed E-state index contributed by atoms with van der Waals surface area (Å²) in [6.07, 6.45) is 8.57. The van der Waals surface area contributed by atoms with E-state index in [1.165, 1.54) is 16.9 Å². The summed E-state index contributed by atoms with van der Waals surface area (Å²) in [6.45, 7) is 3.83. The van der Waals surface area contributed by atoms with Crippen molar-refractivity contribution in [3.63, 3.8) is 0 Å². The predicted molar refractivity (Wildman–Crippen MR) is 126 cm³/mol. The first-order chi connectivity index (χ1) is 15.5. The first-order valence-corrected chi connectivity index (χ1v) is 11.3. The van der Waals surface area contributed by atoms with Crippen molar-refractivity contribution >= 4 is 33.6 Å². The largest absolute Gasteiger partial charge is 0.302 e. The average Bonchev–Trinajstić information content (AvgIpc) is 3.25. The highest BCUT2D eigenvalue weighted by molar-refractivity contribution is 7.14. The van der Waals surface area contributed by atoms with E-state index in [9.17, 15) is 4.79 Å². The number of hydrogen-bond donors (Lipinski definition) is 0. The number of aromatic nitrogens is 5. The van der Waals surface area contributed by atoms with E-state index in [-0.39, 0.29) is 12.2 Å². The molecule has 0 bridgehead atoms. The van der Waals surface area contributed by atoms with Gasteiger partial charge in [0.05, 0.1) is 23.8 Å². The Kier molecular flexibility index (Phi) is 5.55. The summed E-state index contributed by atoms with van der Waals surface area (Å²) in [5.41, 5.74) is 5.16. The minimum absolute atomic E-state index is 0.0258. The number of carbonyl (C=O) groups is 1. The van der Waals surface area contributed by atoms with Crippen LogP contribution in [0.1, 0.15) is 33.2 Å². The molecular formula is C24H22N6OS. The minimum Gasteiger partial charge on any atom is -0.302 e. The fraction of sp³-hybridized carbons (Fsp3) is 0.250. The maximum absolute atomic E-state index is 13.0. The second kappa shape index (κ2) is 8.64. The average molecular weight is 443 g/mol. The van der Waals surface area contributed by atoms with Crippen LogP contribution in [0.25, 0.3) is 27.0 Å². The van der Waals surface area contributed by atoms with Crippen LogP contribution in [0.5, 0.6) is 0 Å². The highest BCUT2D eigenvalue weighted by atomic mass is 32.1. The number of rotatable bonds is 5. The smallest absolute Gasteiger partial charge is 0.168 e. The molecule has 0 unspecified atom stereocenters. The van der Waals surface area contributed by atoms with E-state index in [2.05, 4.69) is 43.2 Å². The van der Waals surface area contributed by atoms with Gasteiger partial charge in [0.1, 0.15) is 10.0 Å². The van der Waals surface area contributed by atoms with Gasteiger partial charge in [-0.25, -0.2) is 0 Å². The molecule has 0 saturated heterocycles. The van der Waals surface area contributed by atoms with Gasteiger partial charge >= 0.3 is 0 Å². The van der Waals surface area contributed by atoms with E-state index < -0.39 is 0 Å². The Labute approximate surface area is 189 Å². The first kappa shape index (κ1) is 20.5. The molecule has 0 saturated carbocycles. The molecule has 1 aliphatic heterocycles. The maximum Gasteiger partial charge on any atom is 0.168 e. The second-order valence-corrected chi connectivity index (χ2v) is 9.17. The van der Waals surface area contributed by atoms with Crippen molar-refractivity contribution in [2.24, 2.45) is 0 Å². The van der Waals surface area contributed by atoms with Crippen molar-refractivity contribution in [3.8, 4) is 10.6 Å². The van der Waals surface area contributed by atoms with Gasteiger partial charge in [0, 0.05) is 47.7 Å². The van der Waals surface area contributed by atoms with Gasteiger partial charge < -0.3 is 4.90 Å². The number of Topliss-reactive ketones (excluding diaryl/α,β-unsaturated/α-hetero) is 1. The van der Waals surface area contributed by atoms with Crippen LogP contribution in [-0.2, 0) is 6.42 Å². The van der Waals surface area contributed by atoms with E-state index >= 15 is 0 Å². The summed E-state index contributed by atoms with van der Waals surface area (Å²) in [5, 5.41) is 11.0. The highest BCUT2D eigenvalue weighted by Crippen LogP contribution is 2.26. The fourth-order valence-electron chi connectivity index (χ4n) is 3.75. The normalized spacial score (nSPS) is 14.5. The summed E-state index contributed by atoms with van der Waals surface area (Å²) in [4.78, 5) is 28.7. The molecule has 5 rings (SSSR count). The maximum atomic E-state index is 13.0. The Morgan fingerprint density at radius 2 is 2.03 bits per heavy atom. The lowest BCUT2D eigenvalue weighted by Gasteiger charge is -2.21. The van der Waals surface area contributed by atoms with Crippen LogP contribution in [0.4, 0.5) is 0 Å². The van der Waals surface area contributed by atoms with Gasteiger partial charge in [0.25, 0.3) is 0 Å². The fourth-order valence-corrected chi connectivity index (χ4v) is 4.43. The molecule has 7 nitrogen and oxygen atoms in total. The Hall–Kier alpha value is -3.36. The molecule has 0 radical (unpaired) electrons. The van der Waals surface area contributed by atoms with Gasteiger partial charge in [0.15, 0.2) is 5.78 Å². The summed E-state index contributed by atoms with van der Waals surface area (Å²) in [7, 11) is 2.10. The molecule has 32 heavy (non-hydrogen) atoms. The second-order valence-electron chi connectivity index (χ2n) is 7.99. The number of pyridine rings is 3. The van der Waals surface area contributed by atoms with Gasteiger partial charge in [-0.05, 0) is 50.2 Å². The van der Waals surface area contributed by atoms with Gasteiger partial charge in [-0.3, -0.25) is 19.7 Å². The molecule has 0 N–H and O–H groups in total. The molecule has 0 spiro atoms. The van der Waals surface area contributed by atoms with Crippen molar-refractivity contribution in [2.45, 2.75) is 19.8 Å². The topological polar surface area (TPSA) is 84.8 Å². The summed E-state index contributed by atoms with van der Waals surface area (Å²) in [5.74, 6) is 0.0258. The number of carbonyl (C=O) groups excluding carboxylic acids is 1. The molecule has 0 atom stereocenters. The molecular weight excluding hydrogens is 420 g/mol. The highest BCUT2D eigenvalue weighted by Gasteiger charge is 2.15. The van der Waals surface area contributed by atoms with E-state index in [1.807, 2.05) is 25.1 Å². The third-order valence-electron chi connectivity index (χ3n) is 5.56. The van der Waals surface area contributed by atoms with Gasteiger partial charge in [-0.1, -0.05) is 17.4 Å². The number of nitrogens with zero attached hydrogens (tertiary/aromatic N) is 6. The van der Waals surface area contributed by atoms with Crippen LogP contribution < -0.4 is 0 Å². The van der Waals surface area contributed by atoms with Gasteiger partial charge in [0.2, 0.25) is 0 Å². The molecule has 160 valence electrons. The molecule has 0 amide bonds. The lowest BCUT2D eigenvalue weighted by molar-refractivity contribution is 0.0992. The van der Waals surface area contributed by atoms with Gasteiger partial charge in [-0.2, -0.15) is 0 Å². The molecule has 4 aromatic rings. The summed E-state index contributed by atoms with van der Waals surface area (Å²) < 4.78 is 0. The molecule has 5 heterocycles. The molecule has 0 fully saturated rings. The van der Waals surface area contributed by atoms with Crippen LogP contribution >= 0.6 is 11.3 Å². The first-order valence-electron chi connectivity index (χ1n) is 10.5. The van der Waals surface area contributed by atoms with Crippen LogP contribution in [-0.4, -0.2) is 56.0 Å². The monoisotopic (exact) mass is 442 g/mol. The SMILES string of the molecule is Cc1nnc(-c2cnc3cnc(CC(=O)c4ccnc(C5=CCN(C)CC5)c4)cc3c2)s1. The third-order valence-corrected chi connectivity index (χ3v) is 6.45. The zero-order valence-electron chi connectivity index (χ0n) is 17.9. The molecule has 4 aromatic heterocycles. The number of hydrogen-bond acceptors (Lipinski definition) is 8. The minimum atomic E-state index is 0.0258. The van der Waals surface area contributed by atoms with Crippen molar-refractivity contribution in [3.05, 3.63) is 70.9 Å². The zero-order chi connectivity index (χ0) is 22.1. The number of likely N-dealkylation sites (N-methyl/N-ethyl adjacent to an activating group) is 1. The van der Waals surface area contributed by atoms with Crippen molar-refractivity contribution in [1.29, 1.82) is 0 Å². The third kappa shape index (κ3) is 4.32. The zero-order valence-corrected chi connectivity index (χ0v) is 18.8. The quantitative estimate of drug-likeness (QED) is 0.432. The standard InChI is InChI=1S/C24H22N6OS/c1-15-28-29-24(32-15)19-9-18-10-20(26-14-22(18)27-13-19)12-23(31)17-3-6-25-21(11-17)16-4-7-30(2)8-5-16/h3-4,6,9-11,13-14H,5,7-8,12H2,1-2H3. The van der Waals surface area contributed by atoms with Crippen molar-refractivity contribution < 1.29 is 4.79 Å². The molecule has 1 aliphatic rings. The van der Waals surface area contributed by atoms with Gasteiger partial charge in [-0.15, -0.1) is 10.2 Å². The van der Waals surface area contributed by atoms with E-state index in [0.717, 1.165) is 51.7 Å². The Morgan fingerprint density at radius 3 is 2.81 bits per heavy atom. The predicted octanol–water partition coefficient (Wildman–Crippen LogP) is 4.00. The van der Waals surface area contributed by atoms with Crippen molar-refractivity contribution in [1.82, 2.24) is 30.0 Å². The number of aryl methyl sites for hydroxylation is 1. The molecule has 0 aliphatic carbocycles. The molecule has 0 aromatic carbocycles. The summed E-state index contributed by atoms with van der Waals surface area (Å²) in [6, 6.07) is 7.63. The van der Waals surface area contributed by atoms with E-state index in [0.29, 0.717) is 11.3 Å². The van der Waals surface area contributed by atoms with Crippen LogP contribution in [0.15, 0.2) is 48.9 Å². The Bertz CT molecular complexity index is 1350. The van der Waals surface area contributed by atoms with E-state index in [1.54, 1.807) is 24.7 Å². The van der Waals surface area contributed by atoms with Crippen LogP contribution in [0.3, 0.4) is 0 Å².